The number of nitrogens with zero attached hydrogens (tertiary/aromatic N) is 4. The summed E-state index contributed by atoms with van der Waals surface area (Å²) >= 11 is 0. The standard InChI is InChI=1S/C20H28N6O.HI/c1-2-22-20(25-11-5-7-16(15-25)13-19(21)27)23-14-17-8-3-4-9-18(17)26-12-6-10-24-26;/h3-4,6,8-10,12,16H,2,5,7,11,13-15H2,1H3,(H2,21,27)(H,22,23);1H. The fourth-order valence-electron chi connectivity index (χ4n) is 3.57. The minimum Gasteiger partial charge on any atom is -0.370 e. The molecular weight excluding hydrogens is 467 g/mol. The Hall–Kier alpha value is -2.10. The molecule has 1 amide bonds. The third-order valence-electron chi connectivity index (χ3n) is 4.79. The van der Waals surface area contributed by atoms with Crippen molar-refractivity contribution in [2.24, 2.45) is 16.6 Å². The number of guanidine groups is 1. The molecule has 1 aromatic heterocycles. The number of amides is 1. The van der Waals surface area contributed by atoms with Gasteiger partial charge in [0.2, 0.25) is 5.91 Å². The Morgan fingerprint density at radius 3 is 2.89 bits per heavy atom. The molecule has 1 aliphatic rings. The second kappa shape index (κ2) is 11.0. The zero-order valence-corrected chi connectivity index (χ0v) is 18.6. The minimum atomic E-state index is -0.225. The Labute approximate surface area is 183 Å². The van der Waals surface area contributed by atoms with Gasteiger partial charge in [0.05, 0.1) is 12.2 Å². The van der Waals surface area contributed by atoms with Crippen molar-refractivity contribution in [3.8, 4) is 5.69 Å². The van der Waals surface area contributed by atoms with Crippen molar-refractivity contribution in [3.05, 3.63) is 48.3 Å². The number of likely N-dealkylation sites (tertiary alicyclic amines) is 1. The van der Waals surface area contributed by atoms with Crippen molar-refractivity contribution in [3.63, 3.8) is 0 Å². The predicted molar refractivity (Wildman–Crippen MR) is 122 cm³/mol. The number of aromatic nitrogens is 2. The zero-order valence-electron chi connectivity index (χ0n) is 16.3. The van der Waals surface area contributed by atoms with Gasteiger partial charge in [-0.05, 0) is 43.4 Å². The molecule has 28 heavy (non-hydrogen) atoms. The number of hydrogen-bond donors (Lipinski definition) is 2. The van der Waals surface area contributed by atoms with Crippen LogP contribution in [0.2, 0.25) is 0 Å². The lowest BCUT2D eigenvalue weighted by atomic mass is 9.95. The summed E-state index contributed by atoms with van der Waals surface area (Å²) in [6.45, 7) is 5.20. The first kappa shape index (κ1) is 22.2. The summed E-state index contributed by atoms with van der Waals surface area (Å²) in [5.74, 6) is 0.968. The van der Waals surface area contributed by atoms with Crippen LogP contribution in [0.15, 0.2) is 47.7 Å². The van der Waals surface area contributed by atoms with E-state index in [1.54, 1.807) is 6.20 Å². The van der Waals surface area contributed by atoms with E-state index in [0.29, 0.717) is 18.9 Å². The van der Waals surface area contributed by atoms with E-state index in [1.807, 2.05) is 29.1 Å². The molecule has 3 rings (SSSR count). The highest BCUT2D eigenvalue weighted by Gasteiger charge is 2.23. The molecule has 3 N–H and O–H groups in total. The van der Waals surface area contributed by atoms with E-state index < -0.39 is 0 Å². The van der Waals surface area contributed by atoms with Crippen LogP contribution in [0.3, 0.4) is 0 Å². The van der Waals surface area contributed by atoms with Gasteiger partial charge in [0, 0.05) is 38.4 Å². The van der Waals surface area contributed by atoms with E-state index in [1.165, 1.54) is 0 Å². The van der Waals surface area contributed by atoms with Crippen molar-refractivity contribution < 1.29 is 4.79 Å². The van der Waals surface area contributed by atoms with Crippen LogP contribution < -0.4 is 11.1 Å². The number of aliphatic imine (C=N–C) groups is 1. The largest absolute Gasteiger partial charge is 0.370 e. The van der Waals surface area contributed by atoms with E-state index in [-0.39, 0.29) is 29.9 Å². The van der Waals surface area contributed by atoms with Gasteiger partial charge in [0.15, 0.2) is 5.96 Å². The Kier molecular flexibility index (Phi) is 8.75. The van der Waals surface area contributed by atoms with Crippen molar-refractivity contribution >= 4 is 35.8 Å². The van der Waals surface area contributed by atoms with Gasteiger partial charge in [-0.3, -0.25) is 4.79 Å². The lowest BCUT2D eigenvalue weighted by molar-refractivity contribution is -0.119. The van der Waals surface area contributed by atoms with Crippen molar-refractivity contribution in [2.75, 3.05) is 19.6 Å². The van der Waals surface area contributed by atoms with Crippen LogP contribution in [0.1, 0.15) is 31.7 Å². The molecule has 8 heteroatoms. The molecule has 1 saturated heterocycles. The SMILES string of the molecule is CCNC(=NCc1ccccc1-n1cccn1)N1CCCC(CC(N)=O)C1.I. The lowest BCUT2D eigenvalue weighted by Gasteiger charge is -2.34. The van der Waals surface area contributed by atoms with Crippen LogP contribution in [-0.2, 0) is 11.3 Å². The molecule has 1 atom stereocenters. The van der Waals surface area contributed by atoms with Gasteiger partial charge in [0.1, 0.15) is 0 Å². The molecule has 0 aliphatic carbocycles. The second-order valence-electron chi connectivity index (χ2n) is 6.87. The van der Waals surface area contributed by atoms with E-state index in [2.05, 4.69) is 34.4 Å². The fourth-order valence-corrected chi connectivity index (χ4v) is 3.57. The maximum Gasteiger partial charge on any atom is 0.217 e. The molecule has 0 bridgehead atoms. The molecule has 0 spiro atoms. The first-order chi connectivity index (χ1) is 13.2. The molecule has 2 heterocycles. The normalized spacial score (nSPS) is 17.1. The molecule has 0 radical (unpaired) electrons. The highest BCUT2D eigenvalue weighted by Crippen LogP contribution is 2.20. The third-order valence-corrected chi connectivity index (χ3v) is 4.79. The monoisotopic (exact) mass is 496 g/mol. The number of halogens is 1. The van der Waals surface area contributed by atoms with Crippen molar-refractivity contribution in [1.29, 1.82) is 0 Å². The number of primary amides is 1. The molecule has 1 aliphatic heterocycles. The Morgan fingerprint density at radius 2 is 2.18 bits per heavy atom. The van der Waals surface area contributed by atoms with Gasteiger partial charge >= 0.3 is 0 Å². The second-order valence-corrected chi connectivity index (χ2v) is 6.87. The fraction of sp³-hybridized carbons (Fsp3) is 0.450. The highest BCUT2D eigenvalue weighted by molar-refractivity contribution is 14.0. The minimum absolute atomic E-state index is 0. The van der Waals surface area contributed by atoms with Gasteiger partial charge < -0.3 is 16.0 Å². The summed E-state index contributed by atoms with van der Waals surface area (Å²) < 4.78 is 1.86. The number of piperidine rings is 1. The van der Waals surface area contributed by atoms with Crippen molar-refractivity contribution in [2.45, 2.75) is 32.7 Å². The molecule has 7 nitrogen and oxygen atoms in total. The quantitative estimate of drug-likeness (QED) is 0.366. The number of nitrogens with two attached hydrogens (primary N) is 1. The van der Waals surface area contributed by atoms with Crippen LogP contribution in [-0.4, -0.2) is 46.2 Å². The summed E-state index contributed by atoms with van der Waals surface area (Å²) in [7, 11) is 0. The van der Waals surface area contributed by atoms with E-state index >= 15 is 0 Å². The third kappa shape index (κ3) is 5.95. The first-order valence-corrected chi connectivity index (χ1v) is 9.57. The van der Waals surface area contributed by atoms with E-state index in [9.17, 15) is 4.79 Å². The van der Waals surface area contributed by atoms with Crippen LogP contribution >= 0.6 is 24.0 Å². The topological polar surface area (TPSA) is 88.5 Å². The maximum absolute atomic E-state index is 11.3. The van der Waals surface area contributed by atoms with Gasteiger partial charge in [-0.1, -0.05) is 18.2 Å². The predicted octanol–water partition coefficient (Wildman–Crippen LogP) is 2.54. The maximum atomic E-state index is 11.3. The molecule has 0 saturated carbocycles. The average molecular weight is 496 g/mol. The Morgan fingerprint density at radius 1 is 1.36 bits per heavy atom. The average Bonchev–Trinajstić information content (AvgIpc) is 3.19. The van der Waals surface area contributed by atoms with Crippen LogP contribution in [0.5, 0.6) is 0 Å². The van der Waals surface area contributed by atoms with Crippen LogP contribution in [0, 0.1) is 5.92 Å². The van der Waals surface area contributed by atoms with Crippen LogP contribution in [0.25, 0.3) is 5.69 Å². The number of rotatable bonds is 6. The summed E-state index contributed by atoms with van der Waals surface area (Å²) in [5, 5.41) is 7.72. The number of carbonyl (C=O) groups excluding carboxylic acids is 1. The van der Waals surface area contributed by atoms with Crippen molar-refractivity contribution in [1.82, 2.24) is 20.0 Å². The highest BCUT2D eigenvalue weighted by atomic mass is 127. The summed E-state index contributed by atoms with van der Waals surface area (Å²) in [5.41, 5.74) is 7.54. The molecule has 2 aromatic rings. The lowest BCUT2D eigenvalue weighted by Crippen LogP contribution is -2.47. The van der Waals surface area contributed by atoms with Gasteiger partial charge in [-0.2, -0.15) is 5.10 Å². The smallest absolute Gasteiger partial charge is 0.217 e. The summed E-state index contributed by atoms with van der Waals surface area (Å²) in [6, 6.07) is 10.1. The van der Waals surface area contributed by atoms with Crippen LogP contribution in [0.4, 0.5) is 0 Å². The van der Waals surface area contributed by atoms with E-state index in [0.717, 1.165) is 49.7 Å². The first-order valence-electron chi connectivity index (χ1n) is 9.57. The van der Waals surface area contributed by atoms with Gasteiger partial charge in [-0.25, -0.2) is 9.67 Å². The Bertz CT molecular complexity index is 777. The number of carbonyl (C=O) groups is 1. The number of hydrogen-bond acceptors (Lipinski definition) is 3. The molecular formula is C20H29IN6O. The molecule has 1 unspecified atom stereocenters. The summed E-state index contributed by atoms with van der Waals surface area (Å²) in [6.07, 6.45) is 6.24. The molecule has 1 fully saturated rings. The number of nitrogens with one attached hydrogen (secondary N) is 1. The van der Waals surface area contributed by atoms with Gasteiger partial charge in [0.25, 0.3) is 0 Å². The number of para-hydroxylation sites is 1. The van der Waals surface area contributed by atoms with E-state index in [4.69, 9.17) is 10.7 Å². The number of benzene rings is 1. The summed E-state index contributed by atoms with van der Waals surface area (Å²) in [4.78, 5) is 18.4. The Balaban J connectivity index is 0.00000280. The zero-order chi connectivity index (χ0) is 19.1. The molecule has 1 aromatic carbocycles. The molecule has 152 valence electrons. The van der Waals surface area contributed by atoms with Gasteiger partial charge in [-0.15, -0.1) is 24.0 Å².